The summed E-state index contributed by atoms with van der Waals surface area (Å²) in [6.07, 6.45) is 0.331. The van der Waals surface area contributed by atoms with Gasteiger partial charge in [-0.3, -0.25) is 14.5 Å². The Balaban J connectivity index is 1.29. The lowest BCUT2D eigenvalue weighted by Gasteiger charge is -2.39. The molecule has 1 saturated heterocycles. The van der Waals surface area contributed by atoms with Gasteiger partial charge in [0, 0.05) is 44.4 Å². The summed E-state index contributed by atoms with van der Waals surface area (Å²) >= 11 is 1.37. The molecule has 0 atom stereocenters. The summed E-state index contributed by atoms with van der Waals surface area (Å²) < 4.78 is 0. The monoisotopic (exact) mass is 491 g/mol. The van der Waals surface area contributed by atoms with Gasteiger partial charge >= 0.3 is 0 Å². The summed E-state index contributed by atoms with van der Waals surface area (Å²) in [6, 6.07) is 21.2. The molecule has 1 N–H and O–H groups in total. The summed E-state index contributed by atoms with van der Waals surface area (Å²) in [5, 5.41) is 12.3. The fourth-order valence-electron chi connectivity index (χ4n) is 4.25. The Hall–Kier alpha value is -3.10. The number of carbonyl (C=O) groups is 2. The number of amides is 2. The lowest BCUT2D eigenvalue weighted by Crippen LogP contribution is -2.49. The number of carbonyl (C=O) groups excluding carboxylic acids is 2. The minimum atomic E-state index is -0.207. The van der Waals surface area contributed by atoms with Crippen molar-refractivity contribution in [2.75, 3.05) is 31.5 Å². The van der Waals surface area contributed by atoms with E-state index in [1.807, 2.05) is 17.0 Å². The number of hydrogen-bond donors (Lipinski definition) is 1. The first-order valence-electron chi connectivity index (χ1n) is 12.1. The van der Waals surface area contributed by atoms with Gasteiger partial charge < -0.3 is 10.2 Å². The number of nitrogens with one attached hydrogen (secondary N) is 1. The van der Waals surface area contributed by atoms with Crippen molar-refractivity contribution in [3.8, 4) is 0 Å². The van der Waals surface area contributed by atoms with E-state index < -0.39 is 0 Å². The van der Waals surface area contributed by atoms with Gasteiger partial charge in [-0.1, -0.05) is 92.8 Å². The minimum absolute atomic E-state index is 0.0171. The van der Waals surface area contributed by atoms with Crippen LogP contribution in [0.25, 0.3) is 0 Å². The van der Waals surface area contributed by atoms with Crippen LogP contribution in [-0.2, 0) is 15.0 Å². The third-order valence-corrected chi connectivity index (χ3v) is 7.41. The molecule has 1 aliphatic rings. The van der Waals surface area contributed by atoms with Crippen LogP contribution >= 0.6 is 11.3 Å². The van der Waals surface area contributed by atoms with E-state index in [9.17, 15) is 9.59 Å². The van der Waals surface area contributed by atoms with Gasteiger partial charge in [-0.15, -0.1) is 10.2 Å². The highest BCUT2D eigenvalue weighted by Crippen LogP contribution is 2.30. The standard InChI is InChI=1S/C27H33N5O2S/c1-27(2,3)25-29-30-26(35-25)28-22(33)14-15-23(34)31-16-18-32(19-17-31)24(20-10-6-4-7-11-20)21-12-8-5-9-13-21/h4-13,24H,14-19H2,1-3H3,(H,28,30,33). The minimum Gasteiger partial charge on any atom is -0.340 e. The van der Waals surface area contributed by atoms with Gasteiger partial charge in [-0.05, 0) is 11.1 Å². The molecule has 0 saturated carbocycles. The van der Waals surface area contributed by atoms with Crippen LogP contribution in [-0.4, -0.2) is 58.0 Å². The Kier molecular flexibility index (Phi) is 7.93. The Morgan fingerprint density at radius 3 is 1.97 bits per heavy atom. The highest BCUT2D eigenvalue weighted by atomic mass is 32.1. The SMILES string of the molecule is CC(C)(C)c1nnc(NC(=O)CCC(=O)N2CCN(C(c3ccccc3)c3ccccc3)CC2)s1. The molecule has 1 aromatic heterocycles. The molecule has 1 fully saturated rings. The maximum Gasteiger partial charge on any atom is 0.226 e. The van der Waals surface area contributed by atoms with Gasteiger partial charge in [0.2, 0.25) is 16.9 Å². The third-order valence-electron chi connectivity index (χ3n) is 6.14. The number of benzene rings is 2. The van der Waals surface area contributed by atoms with Crippen molar-refractivity contribution in [2.24, 2.45) is 0 Å². The highest BCUT2D eigenvalue weighted by Gasteiger charge is 2.28. The van der Waals surface area contributed by atoms with E-state index in [4.69, 9.17) is 0 Å². The highest BCUT2D eigenvalue weighted by molar-refractivity contribution is 7.15. The molecule has 35 heavy (non-hydrogen) atoms. The Morgan fingerprint density at radius 2 is 1.46 bits per heavy atom. The molecule has 2 amide bonds. The number of rotatable bonds is 7. The molecular weight excluding hydrogens is 458 g/mol. The number of hydrogen-bond acceptors (Lipinski definition) is 6. The van der Waals surface area contributed by atoms with E-state index in [2.05, 4.69) is 89.7 Å². The molecule has 3 aromatic rings. The van der Waals surface area contributed by atoms with Crippen molar-refractivity contribution in [3.05, 3.63) is 76.8 Å². The second-order valence-electron chi connectivity index (χ2n) is 9.85. The van der Waals surface area contributed by atoms with Crippen molar-refractivity contribution >= 4 is 28.3 Å². The molecule has 2 aromatic carbocycles. The summed E-state index contributed by atoms with van der Waals surface area (Å²) in [7, 11) is 0. The van der Waals surface area contributed by atoms with Crippen LogP contribution in [0.2, 0.25) is 0 Å². The van der Waals surface area contributed by atoms with E-state index in [0.29, 0.717) is 18.2 Å². The van der Waals surface area contributed by atoms with E-state index in [1.54, 1.807) is 0 Å². The number of aromatic nitrogens is 2. The molecule has 0 aliphatic carbocycles. The Morgan fingerprint density at radius 1 is 0.886 bits per heavy atom. The first-order chi connectivity index (χ1) is 16.8. The average molecular weight is 492 g/mol. The first kappa shape index (κ1) is 25.0. The van der Waals surface area contributed by atoms with Gasteiger partial charge in [-0.2, -0.15) is 0 Å². The van der Waals surface area contributed by atoms with Crippen LogP contribution in [0.15, 0.2) is 60.7 Å². The lowest BCUT2D eigenvalue weighted by atomic mass is 9.96. The first-order valence-corrected chi connectivity index (χ1v) is 12.9. The Bertz CT molecular complexity index is 1080. The van der Waals surface area contributed by atoms with Crippen LogP contribution in [0.4, 0.5) is 5.13 Å². The Labute approximate surface area is 211 Å². The van der Waals surface area contributed by atoms with Gasteiger partial charge in [-0.25, -0.2) is 0 Å². The molecular formula is C27H33N5O2S. The van der Waals surface area contributed by atoms with Crippen molar-refractivity contribution in [2.45, 2.75) is 45.1 Å². The largest absolute Gasteiger partial charge is 0.340 e. The van der Waals surface area contributed by atoms with Crippen molar-refractivity contribution < 1.29 is 9.59 Å². The quantitative estimate of drug-likeness (QED) is 0.527. The van der Waals surface area contributed by atoms with Crippen molar-refractivity contribution in [1.82, 2.24) is 20.0 Å². The topological polar surface area (TPSA) is 78.4 Å². The van der Waals surface area contributed by atoms with Gasteiger partial charge in [0.25, 0.3) is 0 Å². The predicted octanol–water partition coefficient (Wildman–Crippen LogP) is 4.49. The third kappa shape index (κ3) is 6.52. The van der Waals surface area contributed by atoms with E-state index in [-0.39, 0.29) is 36.1 Å². The molecule has 8 heteroatoms. The fourth-order valence-corrected chi connectivity index (χ4v) is 5.07. The van der Waals surface area contributed by atoms with Crippen LogP contribution in [0.5, 0.6) is 0 Å². The zero-order valence-corrected chi connectivity index (χ0v) is 21.4. The maximum atomic E-state index is 12.8. The van der Waals surface area contributed by atoms with Crippen LogP contribution in [0.1, 0.15) is 55.8 Å². The second-order valence-corrected chi connectivity index (χ2v) is 10.8. The zero-order valence-electron chi connectivity index (χ0n) is 20.6. The average Bonchev–Trinajstić information content (AvgIpc) is 3.34. The number of piperazine rings is 1. The molecule has 2 heterocycles. The van der Waals surface area contributed by atoms with Crippen LogP contribution in [0.3, 0.4) is 0 Å². The molecule has 0 bridgehead atoms. The van der Waals surface area contributed by atoms with Crippen LogP contribution < -0.4 is 5.32 Å². The summed E-state index contributed by atoms with van der Waals surface area (Å²) in [5.74, 6) is -0.190. The lowest BCUT2D eigenvalue weighted by molar-refractivity contribution is -0.134. The maximum absolute atomic E-state index is 12.8. The van der Waals surface area contributed by atoms with Crippen molar-refractivity contribution in [1.29, 1.82) is 0 Å². The smallest absolute Gasteiger partial charge is 0.226 e. The molecule has 1 aliphatic heterocycles. The predicted molar refractivity (Wildman–Crippen MR) is 139 cm³/mol. The van der Waals surface area contributed by atoms with E-state index in [1.165, 1.54) is 22.5 Å². The number of anilines is 1. The normalized spacial score (nSPS) is 14.8. The van der Waals surface area contributed by atoms with E-state index >= 15 is 0 Å². The zero-order chi connectivity index (χ0) is 24.8. The molecule has 0 radical (unpaired) electrons. The van der Waals surface area contributed by atoms with E-state index in [0.717, 1.165) is 18.1 Å². The molecule has 0 unspecified atom stereocenters. The van der Waals surface area contributed by atoms with Gasteiger partial charge in [0.15, 0.2) is 0 Å². The summed E-state index contributed by atoms with van der Waals surface area (Å²) in [6.45, 7) is 9.04. The fraction of sp³-hybridized carbons (Fsp3) is 0.407. The molecule has 184 valence electrons. The van der Waals surface area contributed by atoms with Gasteiger partial charge in [0.1, 0.15) is 5.01 Å². The number of nitrogens with zero attached hydrogens (tertiary/aromatic N) is 4. The summed E-state index contributed by atoms with van der Waals surface area (Å²) in [4.78, 5) is 29.5. The van der Waals surface area contributed by atoms with Gasteiger partial charge in [0.05, 0.1) is 6.04 Å². The molecule has 7 nitrogen and oxygen atoms in total. The summed E-state index contributed by atoms with van der Waals surface area (Å²) in [5.41, 5.74) is 2.39. The van der Waals surface area contributed by atoms with Crippen molar-refractivity contribution in [3.63, 3.8) is 0 Å². The molecule has 0 spiro atoms. The van der Waals surface area contributed by atoms with Crippen LogP contribution in [0, 0.1) is 0 Å². The second kappa shape index (κ2) is 11.1. The molecule has 4 rings (SSSR count).